The number of thioether (sulfide) groups is 1. The summed E-state index contributed by atoms with van der Waals surface area (Å²) in [6, 6.07) is 24.0. The molecule has 1 aromatic heterocycles. The van der Waals surface area contributed by atoms with Crippen molar-refractivity contribution < 1.29 is 4.74 Å². The quantitative estimate of drug-likeness (QED) is 0.178. The summed E-state index contributed by atoms with van der Waals surface area (Å²) >= 11 is 7.61. The van der Waals surface area contributed by atoms with Crippen LogP contribution in [-0.2, 0) is 18.8 Å². The lowest BCUT2D eigenvalue weighted by atomic mass is 10.1. The van der Waals surface area contributed by atoms with Crippen LogP contribution >= 0.6 is 23.4 Å². The highest BCUT2D eigenvalue weighted by atomic mass is 35.5. The van der Waals surface area contributed by atoms with E-state index in [0.29, 0.717) is 6.61 Å². The maximum absolute atomic E-state index is 6.15. The van der Waals surface area contributed by atoms with Crippen molar-refractivity contribution in [2.75, 3.05) is 0 Å². The van der Waals surface area contributed by atoms with Gasteiger partial charge < -0.3 is 4.74 Å². The minimum absolute atomic E-state index is 0.507. The van der Waals surface area contributed by atoms with E-state index in [1.54, 1.807) is 11.8 Å². The first-order valence-electron chi connectivity index (χ1n) is 11.3. The standard InChI is InChI=1S/C27H27ClN4OS/c1-3-8-26-30-31-27(34-19-21-13-15-24(28)16-14-21)32(26)29-17-22-10-6-7-12-25(22)33-18-23-11-5-4-9-20(23)2/h4-7,9-17H,3,8,18-19H2,1-2H3/b29-17-. The SMILES string of the molecule is CCCc1nnc(SCc2ccc(Cl)cc2)n1/N=C\c1ccccc1OCc1ccccc1C. The number of rotatable bonds is 10. The summed E-state index contributed by atoms with van der Waals surface area (Å²) in [4.78, 5) is 0. The summed E-state index contributed by atoms with van der Waals surface area (Å²) in [5.41, 5.74) is 4.45. The monoisotopic (exact) mass is 490 g/mol. The molecule has 0 bridgehead atoms. The normalized spacial score (nSPS) is 11.3. The molecular weight excluding hydrogens is 464 g/mol. The Balaban J connectivity index is 1.53. The van der Waals surface area contributed by atoms with Gasteiger partial charge in [-0.25, -0.2) is 0 Å². The van der Waals surface area contributed by atoms with Crippen molar-refractivity contribution in [3.8, 4) is 5.75 Å². The molecule has 1 heterocycles. The highest BCUT2D eigenvalue weighted by Gasteiger charge is 2.12. The van der Waals surface area contributed by atoms with E-state index in [0.717, 1.165) is 45.9 Å². The molecule has 0 atom stereocenters. The molecule has 4 aromatic rings. The number of aromatic nitrogens is 3. The average molecular weight is 491 g/mol. The number of para-hydroxylation sites is 1. The third-order valence-corrected chi connectivity index (χ3v) is 6.55. The predicted molar refractivity (Wildman–Crippen MR) is 140 cm³/mol. The molecule has 5 nitrogen and oxygen atoms in total. The van der Waals surface area contributed by atoms with E-state index in [1.165, 1.54) is 16.7 Å². The molecular formula is C27H27ClN4OS. The largest absolute Gasteiger partial charge is 0.488 e. The van der Waals surface area contributed by atoms with Gasteiger partial charge in [-0.1, -0.05) is 78.8 Å². The smallest absolute Gasteiger partial charge is 0.212 e. The molecule has 0 spiro atoms. The molecule has 174 valence electrons. The van der Waals surface area contributed by atoms with Gasteiger partial charge in [0.15, 0.2) is 5.82 Å². The van der Waals surface area contributed by atoms with E-state index in [4.69, 9.17) is 21.4 Å². The number of hydrogen-bond acceptors (Lipinski definition) is 5. The van der Waals surface area contributed by atoms with Crippen LogP contribution in [0.25, 0.3) is 0 Å². The van der Waals surface area contributed by atoms with Crippen LogP contribution in [0.1, 0.15) is 41.4 Å². The Morgan fingerprint density at radius 1 is 1.00 bits per heavy atom. The van der Waals surface area contributed by atoms with Gasteiger partial charge in [0.1, 0.15) is 12.4 Å². The Morgan fingerprint density at radius 2 is 1.76 bits per heavy atom. The van der Waals surface area contributed by atoms with Crippen LogP contribution in [0.2, 0.25) is 5.02 Å². The molecule has 0 radical (unpaired) electrons. The van der Waals surface area contributed by atoms with Gasteiger partial charge in [0.05, 0.1) is 6.21 Å². The molecule has 0 fully saturated rings. The van der Waals surface area contributed by atoms with Gasteiger partial charge in [-0.3, -0.25) is 0 Å². The van der Waals surface area contributed by atoms with Crippen molar-refractivity contribution in [3.63, 3.8) is 0 Å². The van der Waals surface area contributed by atoms with E-state index in [-0.39, 0.29) is 0 Å². The van der Waals surface area contributed by atoms with Crippen LogP contribution in [0, 0.1) is 6.92 Å². The highest BCUT2D eigenvalue weighted by molar-refractivity contribution is 7.98. The predicted octanol–water partition coefficient (Wildman–Crippen LogP) is 6.95. The number of nitrogens with zero attached hydrogens (tertiary/aromatic N) is 4. The number of hydrogen-bond donors (Lipinski definition) is 0. The summed E-state index contributed by atoms with van der Waals surface area (Å²) in [7, 11) is 0. The summed E-state index contributed by atoms with van der Waals surface area (Å²) in [6.45, 7) is 4.72. The molecule has 0 N–H and O–H groups in total. The van der Waals surface area contributed by atoms with E-state index >= 15 is 0 Å². The molecule has 0 saturated heterocycles. The van der Waals surface area contributed by atoms with Crippen molar-refractivity contribution in [1.82, 2.24) is 14.9 Å². The van der Waals surface area contributed by atoms with Crippen molar-refractivity contribution in [2.45, 2.75) is 44.2 Å². The maximum atomic E-state index is 6.15. The zero-order valence-corrected chi connectivity index (χ0v) is 20.9. The second-order valence-electron chi connectivity index (χ2n) is 7.87. The van der Waals surface area contributed by atoms with E-state index in [1.807, 2.05) is 71.6 Å². The fraction of sp³-hybridized carbons (Fsp3) is 0.222. The second-order valence-corrected chi connectivity index (χ2v) is 9.25. The molecule has 0 aliphatic heterocycles. The van der Waals surface area contributed by atoms with Crippen molar-refractivity contribution in [3.05, 3.63) is 106 Å². The van der Waals surface area contributed by atoms with Crippen LogP contribution in [0.4, 0.5) is 0 Å². The fourth-order valence-electron chi connectivity index (χ4n) is 3.38. The van der Waals surface area contributed by atoms with Crippen molar-refractivity contribution >= 4 is 29.6 Å². The molecule has 4 rings (SSSR count). The Kier molecular flexibility index (Phi) is 8.39. The molecule has 7 heteroatoms. The third kappa shape index (κ3) is 6.27. The third-order valence-electron chi connectivity index (χ3n) is 5.31. The topological polar surface area (TPSA) is 52.3 Å². The lowest BCUT2D eigenvalue weighted by Crippen LogP contribution is -2.02. The summed E-state index contributed by atoms with van der Waals surface area (Å²) in [5, 5.41) is 15.0. The number of benzene rings is 3. The van der Waals surface area contributed by atoms with Gasteiger partial charge in [0.2, 0.25) is 5.16 Å². The van der Waals surface area contributed by atoms with Crippen LogP contribution in [-0.4, -0.2) is 21.1 Å². The molecule has 0 unspecified atom stereocenters. The zero-order valence-electron chi connectivity index (χ0n) is 19.3. The van der Waals surface area contributed by atoms with Gasteiger partial charge in [-0.2, -0.15) is 9.78 Å². The second kappa shape index (κ2) is 11.9. The van der Waals surface area contributed by atoms with E-state index < -0.39 is 0 Å². The summed E-state index contributed by atoms with van der Waals surface area (Å²) in [5.74, 6) is 2.39. The number of aryl methyl sites for hydroxylation is 2. The van der Waals surface area contributed by atoms with Gasteiger partial charge in [0.25, 0.3) is 0 Å². The van der Waals surface area contributed by atoms with Crippen LogP contribution in [0.15, 0.2) is 83.1 Å². The Labute approximate surface area is 209 Å². The average Bonchev–Trinajstić information content (AvgIpc) is 3.24. The van der Waals surface area contributed by atoms with Crippen LogP contribution < -0.4 is 4.74 Å². The molecule has 0 aliphatic carbocycles. The minimum Gasteiger partial charge on any atom is -0.488 e. The number of ether oxygens (including phenoxy) is 1. The first kappa shape index (κ1) is 24.0. The lowest BCUT2D eigenvalue weighted by Gasteiger charge is -2.11. The molecule has 0 saturated carbocycles. The van der Waals surface area contributed by atoms with Crippen LogP contribution in [0.3, 0.4) is 0 Å². The highest BCUT2D eigenvalue weighted by Crippen LogP contribution is 2.24. The molecule has 3 aromatic carbocycles. The molecule has 0 amide bonds. The van der Waals surface area contributed by atoms with Gasteiger partial charge in [-0.15, -0.1) is 10.2 Å². The Bertz CT molecular complexity index is 1250. The van der Waals surface area contributed by atoms with Gasteiger partial charge >= 0.3 is 0 Å². The van der Waals surface area contributed by atoms with E-state index in [9.17, 15) is 0 Å². The van der Waals surface area contributed by atoms with E-state index in [2.05, 4.69) is 36.2 Å². The minimum atomic E-state index is 0.507. The first-order chi connectivity index (χ1) is 16.6. The maximum Gasteiger partial charge on any atom is 0.212 e. The summed E-state index contributed by atoms with van der Waals surface area (Å²) in [6.07, 6.45) is 3.59. The lowest BCUT2D eigenvalue weighted by molar-refractivity contribution is 0.305. The first-order valence-corrected chi connectivity index (χ1v) is 12.6. The summed E-state index contributed by atoms with van der Waals surface area (Å²) < 4.78 is 7.98. The fourth-order valence-corrected chi connectivity index (χ4v) is 4.36. The van der Waals surface area contributed by atoms with Gasteiger partial charge in [0, 0.05) is 22.8 Å². The molecule has 0 aliphatic rings. The zero-order chi connectivity index (χ0) is 23.8. The molecule has 34 heavy (non-hydrogen) atoms. The Hall–Kier alpha value is -3.09. The van der Waals surface area contributed by atoms with Gasteiger partial charge in [-0.05, 0) is 54.3 Å². The number of halogens is 1. The van der Waals surface area contributed by atoms with Crippen LogP contribution in [0.5, 0.6) is 5.75 Å². The van der Waals surface area contributed by atoms with Crippen molar-refractivity contribution in [2.24, 2.45) is 5.10 Å². The van der Waals surface area contributed by atoms with Crippen molar-refractivity contribution in [1.29, 1.82) is 0 Å². The Morgan fingerprint density at radius 3 is 2.56 bits per heavy atom.